The average molecular weight is 898 g/mol. The molecule has 0 radical (unpaired) electrons. The third kappa shape index (κ3) is 5.12. The van der Waals surface area contributed by atoms with Gasteiger partial charge in [-0.25, -0.2) is 0 Å². The number of para-hydroxylation sites is 5. The van der Waals surface area contributed by atoms with Gasteiger partial charge in [-0.1, -0.05) is 140 Å². The molecule has 0 saturated carbocycles. The first-order valence-corrected chi connectivity index (χ1v) is 24.0. The maximum Gasteiger partial charge on any atom is 0.135 e. The van der Waals surface area contributed by atoms with Crippen LogP contribution in [0.15, 0.2) is 205 Å². The highest BCUT2D eigenvalue weighted by atomic mass is 32.1. The Balaban J connectivity index is 1.19. The number of thiophene rings is 1. The standard InChI is InChI=1S/C62H35N5OS/c63-34-47-60(67-53-26-12-5-19-41(53)44-32-46-43-21-7-14-28-57(43)69-58(46)33-54(44)67)48(35-64)62(66-51-24-10-3-17-39(51)40-18-4-11-25-52(40)66)59(36-29-30-56-45(31-36)42-20-6-13-27-55(42)68-56)61(47)65-49-22-8-1-15-37(49)38-16-2-9-23-50(38)65/h1-33,41,53H. The van der Waals surface area contributed by atoms with Gasteiger partial charge < -0.3 is 18.5 Å². The lowest BCUT2D eigenvalue weighted by molar-refractivity contribution is 0.669. The molecule has 0 bridgehead atoms. The van der Waals surface area contributed by atoms with E-state index in [4.69, 9.17) is 4.42 Å². The molecule has 5 heterocycles. The highest BCUT2D eigenvalue weighted by molar-refractivity contribution is 7.25. The SMILES string of the molecule is N#Cc1c(N2c3cc4sc5ccccc5c4cc3C3C=CC=CC32)c(C#N)c(-n2c3ccccc3c3ccccc32)c(-c2ccc3oc4ccccc4c3c2)c1-n1c2ccccc2c2ccccc21. The summed E-state index contributed by atoms with van der Waals surface area (Å²) < 4.78 is 13.4. The van der Waals surface area contributed by atoms with Gasteiger partial charge in [-0.3, -0.25) is 0 Å². The quantitative estimate of drug-likeness (QED) is 0.176. The Bertz CT molecular complexity index is 4300. The number of anilines is 2. The van der Waals surface area contributed by atoms with Crippen LogP contribution in [0.25, 0.3) is 108 Å². The normalized spacial score (nSPS) is 15.4. The molecule has 0 spiro atoms. The smallest absolute Gasteiger partial charge is 0.135 e. The van der Waals surface area contributed by atoms with Crippen LogP contribution in [0.4, 0.5) is 11.4 Å². The number of fused-ring (bicyclic) bond motifs is 15. The molecule has 320 valence electrons. The molecule has 1 aliphatic heterocycles. The van der Waals surface area contributed by atoms with E-state index in [0.717, 1.165) is 87.1 Å². The van der Waals surface area contributed by atoms with E-state index in [9.17, 15) is 10.5 Å². The van der Waals surface area contributed by atoms with Crippen molar-refractivity contribution in [3.63, 3.8) is 0 Å². The molecule has 6 nitrogen and oxygen atoms in total. The predicted molar refractivity (Wildman–Crippen MR) is 284 cm³/mol. The van der Waals surface area contributed by atoms with Gasteiger partial charge in [0.15, 0.2) is 0 Å². The first-order chi connectivity index (χ1) is 34.2. The van der Waals surface area contributed by atoms with Gasteiger partial charge in [0.2, 0.25) is 0 Å². The van der Waals surface area contributed by atoms with E-state index >= 15 is 0 Å². The summed E-state index contributed by atoms with van der Waals surface area (Å²) in [5, 5.41) is 33.3. The van der Waals surface area contributed by atoms with Gasteiger partial charge in [-0.2, -0.15) is 10.5 Å². The second-order valence-corrected chi connectivity index (χ2v) is 19.2. The van der Waals surface area contributed by atoms with Crippen molar-refractivity contribution in [3.8, 4) is 34.6 Å². The third-order valence-electron chi connectivity index (χ3n) is 14.7. The van der Waals surface area contributed by atoms with Crippen LogP contribution in [0.5, 0.6) is 0 Å². The average Bonchev–Trinajstić information content (AvgIpc) is 4.21. The Morgan fingerprint density at radius 3 is 1.58 bits per heavy atom. The van der Waals surface area contributed by atoms with E-state index in [1.54, 1.807) is 11.3 Å². The summed E-state index contributed by atoms with van der Waals surface area (Å²) in [6.07, 6.45) is 8.76. The number of hydrogen-bond acceptors (Lipinski definition) is 5. The Morgan fingerprint density at radius 1 is 0.449 bits per heavy atom. The van der Waals surface area contributed by atoms with Crippen molar-refractivity contribution in [1.82, 2.24) is 9.13 Å². The van der Waals surface area contributed by atoms with E-state index in [0.29, 0.717) is 28.2 Å². The van der Waals surface area contributed by atoms with Crippen LogP contribution in [0.1, 0.15) is 22.6 Å². The molecule has 1 aliphatic carbocycles. The number of nitrogens with zero attached hydrogens (tertiary/aromatic N) is 5. The molecule has 0 N–H and O–H groups in total. The molecule has 0 fully saturated rings. The van der Waals surface area contributed by atoms with Crippen molar-refractivity contribution in [2.24, 2.45) is 0 Å². The zero-order valence-corrected chi connectivity index (χ0v) is 37.6. The van der Waals surface area contributed by atoms with E-state index < -0.39 is 0 Å². The van der Waals surface area contributed by atoms with Gasteiger partial charge in [-0.05, 0) is 71.8 Å². The Labute approximate surface area is 398 Å². The molecule has 9 aromatic carbocycles. The summed E-state index contributed by atoms with van der Waals surface area (Å²) in [6.45, 7) is 0. The topological polar surface area (TPSA) is 73.8 Å². The van der Waals surface area contributed by atoms with Crippen molar-refractivity contribution in [2.45, 2.75) is 12.0 Å². The van der Waals surface area contributed by atoms with Crippen molar-refractivity contribution >= 4 is 108 Å². The Morgan fingerprint density at radius 2 is 0.971 bits per heavy atom. The number of aromatic nitrogens is 2. The molecular formula is C62H35N5OS. The zero-order chi connectivity index (χ0) is 45.5. The van der Waals surface area contributed by atoms with Gasteiger partial charge in [-0.15, -0.1) is 11.3 Å². The number of allylic oxidation sites excluding steroid dienone is 2. The Hall–Kier alpha value is -9.14. The Kier molecular flexibility index (Phi) is 7.82. The van der Waals surface area contributed by atoms with Crippen molar-refractivity contribution in [2.75, 3.05) is 4.90 Å². The van der Waals surface area contributed by atoms with Gasteiger partial charge in [0, 0.05) is 69.7 Å². The highest BCUT2D eigenvalue weighted by Crippen LogP contribution is 2.56. The molecule has 69 heavy (non-hydrogen) atoms. The molecular weight excluding hydrogens is 863 g/mol. The molecule has 13 aromatic rings. The molecule has 7 heteroatoms. The van der Waals surface area contributed by atoms with Crippen molar-refractivity contribution < 1.29 is 4.42 Å². The summed E-state index contributed by atoms with van der Waals surface area (Å²) in [5.74, 6) is -0.0315. The fourth-order valence-corrected chi connectivity index (χ4v) is 13.0. The monoisotopic (exact) mass is 897 g/mol. The lowest BCUT2D eigenvalue weighted by Crippen LogP contribution is -2.30. The fraction of sp³-hybridized carbons (Fsp3) is 0.0323. The van der Waals surface area contributed by atoms with Gasteiger partial charge >= 0.3 is 0 Å². The summed E-state index contributed by atoms with van der Waals surface area (Å²) in [7, 11) is 0. The predicted octanol–water partition coefficient (Wildman–Crippen LogP) is 16.3. The van der Waals surface area contributed by atoms with E-state index in [-0.39, 0.29) is 12.0 Å². The minimum Gasteiger partial charge on any atom is -0.456 e. The zero-order valence-electron chi connectivity index (χ0n) is 36.8. The highest BCUT2D eigenvalue weighted by Gasteiger charge is 2.43. The maximum absolute atomic E-state index is 12.3. The number of benzene rings is 9. The van der Waals surface area contributed by atoms with E-state index in [2.05, 4.69) is 202 Å². The molecule has 2 unspecified atom stereocenters. The minimum atomic E-state index is -0.219. The molecule has 0 saturated heterocycles. The lowest BCUT2D eigenvalue weighted by atomic mass is 9.89. The van der Waals surface area contributed by atoms with Crippen LogP contribution >= 0.6 is 11.3 Å². The number of furan rings is 1. The minimum absolute atomic E-state index is 0.0315. The summed E-state index contributed by atoms with van der Waals surface area (Å²) in [4.78, 5) is 2.33. The maximum atomic E-state index is 12.3. The molecule has 4 aromatic heterocycles. The lowest BCUT2D eigenvalue weighted by Gasteiger charge is -2.33. The fourth-order valence-electron chi connectivity index (χ4n) is 11.9. The molecule has 2 atom stereocenters. The van der Waals surface area contributed by atoms with Crippen LogP contribution in [0, 0.1) is 22.7 Å². The van der Waals surface area contributed by atoms with Crippen LogP contribution in [0.2, 0.25) is 0 Å². The summed E-state index contributed by atoms with van der Waals surface area (Å²) in [5.41, 5.74) is 12.0. The van der Waals surface area contributed by atoms with Gasteiger partial charge in [0.25, 0.3) is 0 Å². The number of nitriles is 2. The first kappa shape index (κ1) is 38.0. The summed E-state index contributed by atoms with van der Waals surface area (Å²) >= 11 is 1.78. The van der Waals surface area contributed by atoms with Gasteiger partial charge in [0.05, 0.1) is 45.2 Å². The van der Waals surface area contributed by atoms with E-state index in [1.165, 1.54) is 21.0 Å². The number of rotatable bonds is 4. The summed E-state index contributed by atoms with van der Waals surface area (Å²) in [6, 6.07) is 67.1. The number of hydrogen-bond donors (Lipinski definition) is 0. The molecule has 0 amide bonds. The van der Waals surface area contributed by atoms with Crippen LogP contribution < -0.4 is 4.90 Å². The van der Waals surface area contributed by atoms with Crippen LogP contribution in [0.3, 0.4) is 0 Å². The van der Waals surface area contributed by atoms with Crippen molar-refractivity contribution in [1.29, 1.82) is 10.5 Å². The second-order valence-electron chi connectivity index (χ2n) is 18.1. The second kappa shape index (κ2) is 14.2. The van der Waals surface area contributed by atoms with E-state index in [1.807, 2.05) is 24.3 Å². The van der Waals surface area contributed by atoms with Gasteiger partial charge in [0.1, 0.15) is 34.4 Å². The van der Waals surface area contributed by atoms with Crippen molar-refractivity contribution in [3.05, 3.63) is 217 Å². The molecule has 2 aliphatic rings. The van der Waals surface area contributed by atoms with Crippen LogP contribution in [-0.2, 0) is 0 Å². The molecule has 15 rings (SSSR count). The first-order valence-electron chi connectivity index (χ1n) is 23.2. The third-order valence-corrected chi connectivity index (χ3v) is 15.8. The largest absolute Gasteiger partial charge is 0.456 e. The van der Waals surface area contributed by atoms with Crippen LogP contribution in [-0.4, -0.2) is 15.2 Å².